The molecular formula is C12H15N3O3S. The monoisotopic (exact) mass is 281 g/mol. The minimum Gasteiger partial charge on any atom is -0.497 e. The van der Waals surface area contributed by atoms with Crippen LogP contribution in [0.5, 0.6) is 5.75 Å². The molecule has 0 atom stereocenters. The third-order valence-corrected chi connectivity index (χ3v) is 3.67. The summed E-state index contributed by atoms with van der Waals surface area (Å²) in [4.78, 5) is 0.198. The average Bonchev–Trinajstić information content (AvgIpc) is 2.76. The first-order chi connectivity index (χ1) is 8.88. The summed E-state index contributed by atoms with van der Waals surface area (Å²) in [6.07, 6.45) is 3.97. The summed E-state index contributed by atoms with van der Waals surface area (Å²) >= 11 is 0. The van der Waals surface area contributed by atoms with Crippen LogP contribution in [0.15, 0.2) is 35.5 Å². The second kappa shape index (κ2) is 4.93. The van der Waals surface area contributed by atoms with Gasteiger partial charge in [-0.25, -0.2) is 8.42 Å². The van der Waals surface area contributed by atoms with E-state index in [0.717, 1.165) is 11.8 Å². The summed E-state index contributed by atoms with van der Waals surface area (Å²) in [5.41, 5.74) is 7.23. The van der Waals surface area contributed by atoms with Crippen molar-refractivity contribution in [3.05, 3.63) is 36.2 Å². The maximum Gasteiger partial charge on any atom is 0.178 e. The SMILES string of the molecule is COc1cc(N)cc(Cn2cc(S(C)(=O)=O)cn2)c1. The number of nitrogen functional groups attached to an aromatic ring is 1. The van der Waals surface area contributed by atoms with E-state index in [1.165, 1.54) is 12.4 Å². The molecule has 0 spiro atoms. The van der Waals surface area contributed by atoms with Gasteiger partial charge in [-0.15, -0.1) is 0 Å². The molecule has 0 amide bonds. The van der Waals surface area contributed by atoms with Gasteiger partial charge in [0.1, 0.15) is 10.6 Å². The standard InChI is InChI=1S/C12H15N3O3S/c1-18-11-4-9(3-10(13)5-11)7-15-8-12(6-14-15)19(2,16)17/h3-6,8H,7,13H2,1-2H3. The Bertz CT molecular complexity index is 692. The fourth-order valence-electron chi connectivity index (χ4n) is 1.70. The number of anilines is 1. The first-order valence-corrected chi connectivity index (χ1v) is 7.43. The summed E-state index contributed by atoms with van der Waals surface area (Å²) < 4.78 is 29.4. The molecule has 1 aromatic carbocycles. The van der Waals surface area contributed by atoms with Crippen molar-refractivity contribution in [3.63, 3.8) is 0 Å². The van der Waals surface area contributed by atoms with Crippen molar-refractivity contribution in [1.82, 2.24) is 9.78 Å². The normalized spacial score (nSPS) is 11.5. The number of methoxy groups -OCH3 is 1. The fourth-order valence-corrected chi connectivity index (χ4v) is 2.26. The number of nitrogens with zero attached hydrogens (tertiary/aromatic N) is 2. The topological polar surface area (TPSA) is 87.2 Å². The largest absolute Gasteiger partial charge is 0.497 e. The van der Waals surface area contributed by atoms with Crippen LogP contribution in [0.1, 0.15) is 5.56 Å². The number of aromatic nitrogens is 2. The number of sulfone groups is 1. The molecule has 0 fully saturated rings. The smallest absolute Gasteiger partial charge is 0.178 e. The quantitative estimate of drug-likeness (QED) is 0.842. The van der Waals surface area contributed by atoms with Crippen LogP contribution in [0.2, 0.25) is 0 Å². The number of hydrogen-bond acceptors (Lipinski definition) is 5. The zero-order valence-electron chi connectivity index (χ0n) is 10.7. The van der Waals surface area contributed by atoms with Gasteiger partial charge in [-0.3, -0.25) is 4.68 Å². The lowest BCUT2D eigenvalue weighted by atomic mass is 10.2. The van der Waals surface area contributed by atoms with Crippen molar-refractivity contribution in [2.75, 3.05) is 19.1 Å². The van der Waals surface area contributed by atoms with Crippen molar-refractivity contribution in [3.8, 4) is 5.75 Å². The summed E-state index contributed by atoms with van der Waals surface area (Å²) in [5, 5.41) is 4.02. The van der Waals surface area contributed by atoms with Gasteiger partial charge in [0, 0.05) is 24.2 Å². The van der Waals surface area contributed by atoms with Gasteiger partial charge in [0.05, 0.1) is 19.9 Å². The molecule has 2 rings (SSSR count). The summed E-state index contributed by atoms with van der Waals surface area (Å²) in [6.45, 7) is 0.428. The molecule has 0 saturated heterocycles. The second-order valence-corrected chi connectivity index (χ2v) is 6.28. The van der Waals surface area contributed by atoms with Crippen molar-refractivity contribution in [2.24, 2.45) is 0 Å². The Morgan fingerprint density at radius 1 is 1.37 bits per heavy atom. The van der Waals surface area contributed by atoms with E-state index in [4.69, 9.17) is 10.5 Å². The first kappa shape index (κ1) is 13.4. The molecule has 0 bridgehead atoms. The van der Waals surface area contributed by atoms with E-state index in [1.54, 1.807) is 23.9 Å². The Morgan fingerprint density at radius 3 is 2.68 bits per heavy atom. The van der Waals surface area contributed by atoms with Crippen LogP contribution in [0.3, 0.4) is 0 Å². The van der Waals surface area contributed by atoms with Crippen LogP contribution in [-0.2, 0) is 16.4 Å². The minimum absolute atomic E-state index is 0.198. The van der Waals surface area contributed by atoms with E-state index in [2.05, 4.69) is 5.10 Å². The highest BCUT2D eigenvalue weighted by Crippen LogP contribution is 2.19. The molecule has 0 aliphatic heterocycles. The lowest BCUT2D eigenvalue weighted by Gasteiger charge is -2.06. The predicted octanol–water partition coefficient (Wildman–Crippen LogP) is 0.926. The van der Waals surface area contributed by atoms with Crippen LogP contribution in [0, 0.1) is 0 Å². The van der Waals surface area contributed by atoms with Gasteiger partial charge in [-0.1, -0.05) is 0 Å². The summed E-state index contributed by atoms with van der Waals surface area (Å²) in [6, 6.07) is 5.34. The summed E-state index contributed by atoms with van der Waals surface area (Å²) in [5.74, 6) is 0.658. The highest BCUT2D eigenvalue weighted by Gasteiger charge is 2.10. The van der Waals surface area contributed by atoms with Gasteiger partial charge in [0.25, 0.3) is 0 Å². The van der Waals surface area contributed by atoms with Gasteiger partial charge >= 0.3 is 0 Å². The molecule has 2 N–H and O–H groups in total. The Balaban J connectivity index is 2.26. The van der Waals surface area contributed by atoms with Gasteiger partial charge in [0.15, 0.2) is 9.84 Å². The van der Waals surface area contributed by atoms with E-state index < -0.39 is 9.84 Å². The predicted molar refractivity (Wildman–Crippen MR) is 71.8 cm³/mol. The highest BCUT2D eigenvalue weighted by molar-refractivity contribution is 7.90. The second-order valence-electron chi connectivity index (χ2n) is 4.26. The Hall–Kier alpha value is -2.02. The van der Waals surface area contributed by atoms with Gasteiger partial charge in [0.2, 0.25) is 0 Å². The molecule has 0 radical (unpaired) electrons. The molecule has 2 aromatic rings. The molecule has 0 aliphatic carbocycles. The van der Waals surface area contributed by atoms with Crippen LogP contribution in [0.4, 0.5) is 5.69 Å². The van der Waals surface area contributed by atoms with E-state index in [0.29, 0.717) is 18.0 Å². The zero-order valence-corrected chi connectivity index (χ0v) is 11.5. The Kier molecular flexibility index (Phi) is 3.48. The minimum atomic E-state index is -3.23. The van der Waals surface area contributed by atoms with Gasteiger partial charge in [-0.05, 0) is 17.7 Å². The molecule has 1 aromatic heterocycles. The van der Waals surface area contributed by atoms with Crippen molar-refractivity contribution < 1.29 is 13.2 Å². The lowest BCUT2D eigenvalue weighted by Crippen LogP contribution is -2.02. The first-order valence-electron chi connectivity index (χ1n) is 5.54. The molecule has 1 heterocycles. The molecule has 0 unspecified atom stereocenters. The van der Waals surface area contributed by atoms with Crippen LogP contribution in [-0.4, -0.2) is 31.6 Å². The maximum absolute atomic E-state index is 11.4. The van der Waals surface area contributed by atoms with E-state index in [9.17, 15) is 8.42 Å². The average molecular weight is 281 g/mol. The number of benzene rings is 1. The highest BCUT2D eigenvalue weighted by atomic mass is 32.2. The molecular weight excluding hydrogens is 266 g/mol. The Labute approximate surface area is 111 Å². The van der Waals surface area contributed by atoms with Crippen LogP contribution < -0.4 is 10.5 Å². The summed E-state index contributed by atoms with van der Waals surface area (Å²) in [7, 11) is -1.66. The maximum atomic E-state index is 11.4. The van der Waals surface area contributed by atoms with E-state index >= 15 is 0 Å². The van der Waals surface area contributed by atoms with E-state index in [-0.39, 0.29) is 4.90 Å². The molecule has 7 heteroatoms. The molecule has 0 aliphatic rings. The molecule has 19 heavy (non-hydrogen) atoms. The Morgan fingerprint density at radius 2 is 2.11 bits per heavy atom. The number of hydrogen-bond donors (Lipinski definition) is 1. The van der Waals surface area contributed by atoms with Crippen LogP contribution in [0.25, 0.3) is 0 Å². The van der Waals surface area contributed by atoms with E-state index in [1.807, 2.05) is 6.07 Å². The van der Waals surface area contributed by atoms with Crippen molar-refractivity contribution in [1.29, 1.82) is 0 Å². The lowest BCUT2D eigenvalue weighted by molar-refractivity contribution is 0.414. The number of nitrogens with two attached hydrogens (primary N) is 1. The fraction of sp³-hybridized carbons (Fsp3) is 0.250. The third kappa shape index (κ3) is 3.25. The number of ether oxygens (including phenoxy) is 1. The van der Waals surface area contributed by atoms with Crippen molar-refractivity contribution in [2.45, 2.75) is 11.4 Å². The van der Waals surface area contributed by atoms with Gasteiger partial charge in [-0.2, -0.15) is 5.10 Å². The van der Waals surface area contributed by atoms with Crippen LogP contribution >= 0.6 is 0 Å². The van der Waals surface area contributed by atoms with Gasteiger partial charge < -0.3 is 10.5 Å². The third-order valence-electron chi connectivity index (χ3n) is 2.61. The number of rotatable bonds is 4. The molecule has 0 saturated carbocycles. The van der Waals surface area contributed by atoms with Crippen molar-refractivity contribution >= 4 is 15.5 Å². The molecule has 102 valence electrons. The zero-order chi connectivity index (χ0) is 14.0. The molecule has 6 nitrogen and oxygen atoms in total.